The molecule has 0 spiro atoms. The molecule has 214 valence electrons. The molecule has 2 aromatic heterocycles. The predicted octanol–water partition coefficient (Wildman–Crippen LogP) is 6.40. The zero-order valence-corrected chi connectivity index (χ0v) is 23.4. The first-order valence-corrected chi connectivity index (χ1v) is 13.4. The van der Waals surface area contributed by atoms with Crippen LogP contribution >= 0.6 is 11.6 Å². The number of pyridine rings is 1. The van der Waals surface area contributed by atoms with Gasteiger partial charge in [-0.2, -0.15) is 5.10 Å². The number of amides is 2. The number of para-hydroxylation sites is 1. The summed E-state index contributed by atoms with van der Waals surface area (Å²) in [7, 11) is 0. The number of urea groups is 1. The van der Waals surface area contributed by atoms with E-state index < -0.39 is 29.2 Å². The first kappa shape index (κ1) is 28.3. The van der Waals surface area contributed by atoms with Crippen LogP contribution in [-0.2, 0) is 13.0 Å². The van der Waals surface area contributed by atoms with Gasteiger partial charge in [0.05, 0.1) is 28.7 Å². The van der Waals surface area contributed by atoms with Crippen molar-refractivity contribution in [3.05, 3.63) is 81.9 Å². The van der Waals surface area contributed by atoms with Crippen LogP contribution in [0.1, 0.15) is 30.7 Å². The van der Waals surface area contributed by atoms with Gasteiger partial charge in [0, 0.05) is 42.9 Å². The van der Waals surface area contributed by atoms with Gasteiger partial charge in [0.25, 0.3) is 0 Å². The SMILES string of the molecule is Cc1cccc(OCC(C)C)c1-n1nc2c(c1-c1cc(F)c(NC(N)=O)cc1F)CN(c1ncc(Cl)cc1F)CC2. The Hall–Kier alpha value is -4.25. The maximum absolute atomic E-state index is 15.8. The van der Waals surface area contributed by atoms with E-state index in [4.69, 9.17) is 27.2 Å². The molecule has 5 rings (SSSR count). The van der Waals surface area contributed by atoms with Crippen molar-refractivity contribution in [2.24, 2.45) is 11.7 Å². The molecule has 0 saturated heterocycles. The molecule has 0 saturated carbocycles. The molecule has 0 radical (unpaired) electrons. The summed E-state index contributed by atoms with van der Waals surface area (Å²) in [4.78, 5) is 17.2. The number of primary amides is 1. The molecule has 0 unspecified atom stereocenters. The van der Waals surface area contributed by atoms with Crippen LogP contribution in [0, 0.1) is 30.3 Å². The van der Waals surface area contributed by atoms with E-state index in [0.29, 0.717) is 42.3 Å². The Labute approximate surface area is 239 Å². The third-order valence-corrected chi connectivity index (χ3v) is 6.88. The van der Waals surface area contributed by atoms with Gasteiger partial charge in [-0.3, -0.25) is 0 Å². The van der Waals surface area contributed by atoms with Crippen LogP contribution in [0.25, 0.3) is 16.9 Å². The number of carbonyl (C=O) groups excluding carboxylic acids is 1. The van der Waals surface area contributed by atoms with Gasteiger partial charge >= 0.3 is 6.03 Å². The zero-order chi connectivity index (χ0) is 29.4. The molecule has 2 amide bonds. The average molecular weight is 585 g/mol. The van der Waals surface area contributed by atoms with Crippen LogP contribution in [0.4, 0.5) is 29.5 Å². The van der Waals surface area contributed by atoms with Crippen molar-refractivity contribution in [3.8, 4) is 22.7 Å². The minimum Gasteiger partial charge on any atom is -0.491 e. The Balaban J connectivity index is 1.72. The number of aromatic nitrogens is 3. The summed E-state index contributed by atoms with van der Waals surface area (Å²) in [5.74, 6) is -1.46. The van der Waals surface area contributed by atoms with Gasteiger partial charge in [0.2, 0.25) is 0 Å². The van der Waals surface area contributed by atoms with Gasteiger partial charge in [0.1, 0.15) is 23.1 Å². The average Bonchev–Trinajstić information content (AvgIpc) is 3.27. The van der Waals surface area contributed by atoms with Crippen LogP contribution in [-0.4, -0.2) is 33.9 Å². The van der Waals surface area contributed by atoms with Crippen molar-refractivity contribution in [3.63, 3.8) is 0 Å². The van der Waals surface area contributed by atoms with Gasteiger partial charge < -0.3 is 20.7 Å². The summed E-state index contributed by atoms with van der Waals surface area (Å²) in [6.07, 6.45) is 1.74. The smallest absolute Gasteiger partial charge is 0.316 e. The van der Waals surface area contributed by atoms with E-state index in [1.807, 2.05) is 32.9 Å². The highest BCUT2D eigenvalue weighted by molar-refractivity contribution is 6.30. The molecule has 0 aliphatic carbocycles. The number of nitrogens with two attached hydrogens (primary N) is 1. The highest BCUT2D eigenvalue weighted by Gasteiger charge is 2.31. The number of fused-ring (bicyclic) bond motifs is 1. The van der Waals surface area contributed by atoms with E-state index in [1.54, 1.807) is 15.6 Å². The Morgan fingerprint density at radius 3 is 2.66 bits per heavy atom. The van der Waals surface area contributed by atoms with Gasteiger partial charge in [-0.15, -0.1) is 0 Å². The summed E-state index contributed by atoms with van der Waals surface area (Å²) < 4.78 is 53.5. The minimum absolute atomic E-state index is 0.0863. The lowest BCUT2D eigenvalue weighted by molar-refractivity contribution is 0.259. The normalized spacial score (nSPS) is 12.9. The minimum atomic E-state index is -1.03. The third kappa shape index (κ3) is 5.67. The van der Waals surface area contributed by atoms with E-state index in [-0.39, 0.29) is 34.6 Å². The van der Waals surface area contributed by atoms with Gasteiger partial charge in [-0.05, 0) is 36.6 Å². The first-order valence-electron chi connectivity index (χ1n) is 13.0. The second-order valence-electron chi connectivity index (χ2n) is 10.2. The molecular weight excluding hydrogens is 557 g/mol. The number of carbonyl (C=O) groups is 1. The molecule has 4 aromatic rings. The molecule has 41 heavy (non-hydrogen) atoms. The molecule has 8 nitrogen and oxygen atoms in total. The van der Waals surface area contributed by atoms with Crippen molar-refractivity contribution in [1.29, 1.82) is 0 Å². The highest BCUT2D eigenvalue weighted by atomic mass is 35.5. The molecular formula is C29H28ClF3N6O2. The van der Waals surface area contributed by atoms with Crippen molar-refractivity contribution in [2.45, 2.75) is 33.7 Å². The van der Waals surface area contributed by atoms with Crippen LogP contribution in [0.15, 0.2) is 42.6 Å². The van der Waals surface area contributed by atoms with E-state index in [9.17, 15) is 9.18 Å². The molecule has 0 atom stereocenters. The number of nitrogens with zero attached hydrogens (tertiary/aromatic N) is 4. The Morgan fingerprint density at radius 1 is 1.17 bits per heavy atom. The molecule has 0 bridgehead atoms. The highest BCUT2D eigenvalue weighted by Crippen LogP contribution is 2.40. The largest absolute Gasteiger partial charge is 0.491 e. The van der Waals surface area contributed by atoms with E-state index in [2.05, 4.69) is 10.3 Å². The molecule has 0 fully saturated rings. The fourth-order valence-corrected chi connectivity index (χ4v) is 5.01. The lowest BCUT2D eigenvalue weighted by Crippen LogP contribution is -2.31. The zero-order valence-electron chi connectivity index (χ0n) is 22.6. The maximum atomic E-state index is 15.8. The summed E-state index contributed by atoms with van der Waals surface area (Å²) in [6.45, 7) is 6.85. The van der Waals surface area contributed by atoms with Crippen molar-refractivity contribution >= 4 is 29.1 Å². The number of anilines is 2. The number of rotatable bonds is 7. The first-order chi connectivity index (χ1) is 19.5. The maximum Gasteiger partial charge on any atom is 0.316 e. The van der Waals surface area contributed by atoms with Crippen LogP contribution in [0.3, 0.4) is 0 Å². The molecule has 2 aromatic carbocycles. The number of aryl methyl sites for hydroxylation is 1. The van der Waals surface area contributed by atoms with Crippen molar-refractivity contribution in [1.82, 2.24) is 14.8 Å². The van der Waals surface area contributed by atoms with Crippen molar-refractivity contribution in [2.75, 3.05) is 23.4 Å². The number of hydrogen-bond donors (Lipinski definition) is 2. The topological polar surface area (TPSA) is 98.3 Å². The fourth-order valence-electron chi connectivity index (χ4n) is 4.87. The van der Waals surface area contributed by atoms with E-state index in [0.717, 1.165) is 17.7 Å². The second kappa shape index (κ2) is 11.3. The quantitative estimate of drug-likeness (QED) is 0.262. The fraction of sp³-hybridized carbons (Fsp3) is 0.276. The lowest BCUT2D eigenvalue weighted by atomic mass is 9.99. The Bertz CT molecular complexity index is 1640. The predicted molar refractivity (Wildman–Crippen MR) is 151 cm³/mol. The van der Waals surface area contributed by atoms with Crippen LogP contribution in [0.2, 0.25) is 5.02 Å². The molecule has 3 heterocycles. The molecule has 12 heteroatoms. The Kier molecular flexibility index (Phi) is 7.81. The summed E-state index contributed by atoms with van der Waals surface area (Å²) in [5, 5.41) is 7.10. The van der Waals surface area contributed by atoms with Gasteiger partial charge in [0.15, 0.2) is 11.6 Å². The number of benzene rings is 2. The summed E-state index contributed by atoms with van der Waals surface area (Å²) in [6, 6.07) is 7.52. The summed E-state index contributed by atoms with van der Waals surface area (Å²) >= 11 is 5.91. The number of ether oxygens (including phenoxy) is 1. The van der Waals surface area contributed by atoms with Gasteiger partial charge in [-0.1, -0.05) is 37.6 Å². The standard InChI is InChI=1S/C29H28ClF3N6O2/c1-15(2)14-41-25-6-4-5-16(3)26(25)39-27(18-10-21(32)24(11-20(18)31)36-29(34)40)19-13-38(8-7-23(19)37-39)28-22(33)9-17(30)12-35-28/h4-6,9-12,15H,7-8,13-14H2,1-3H3,(H3,34,36,40). The Morgan fingerprint density at radius 2 is 1.95 bits per heavy atom. The van der Waals surface area contributed by atoms with E-state index in [1.165, 1.54) is 12.3 Å². The molecule has 1 aliphatic heterocycles. The lowest BCUT2D eigenvalue weighted by Gasteiger charge is -2.28. The van der Waals surface area contributed by atoms with Crippen molar-refractivity contribution < 1.29 is 22.7 Å². The monoisotopic (exact) mass is 584 g/mol. The molecule has 1 aliphatic rings. The number of halogens is 4. The van der Waals surface area contributed by atoms with Crippen LogP contribution in [0.5, 0.6) is 5.75 Å². The molecule has 3 N–H and O–H groups in total. The second-order valence-corrected chi connectivity index (χ2v) is 10.7. The van der Waals surface area contributed by atoms with E-state index >= 15 is 8.78 Å². The summed E-state index contributed by atoms with van der Waals surface area (Å²) in [5.41, 5.74) is 7.47. The van der Waals surface area contributed by atoms with Crippen LogP contribution < -0.4 is 20.7 Å². The number of hydrogen-bond acceptors (Lipinski definition) is 5. The number of nitrogens with one attached hydrogen (secondary N) is 1. The third-order valence-electron chi connectivity index (χ3n) is 6.68. The van der Waals surface area contributed by atoms with Gasteiger partial charge in [-0.25, -0.2) is 27.6 Å².